The fourth-order valence-corrected chi connectivity index (χ4v) is 1.06. The third-order valence-electron chi connectivity index (χ3n) is 2.05. The highest BCUT2D eigenvalue weighted by atomic mass is 35.5. The maximum Gasteiger partial charge on any atom is 0.0956 e. The Hall–Kier alpha value is -1.02. The van der Waals surface area contributed by atoms with Crippen molar-refractivity contribution in [2.45, 2.75) is 13.5 Å². The predicted octanol–water partition coefficient (Wildman–Crippen LogP) is 2.82. The fourth-order valence-electron chi connectivity index (χ4n) is 0.937. The van der Waals surface area contributed by atoms with Crippen LogP contribution in [0, 0.1) is 0 Å². The summed E-state index contributed by atoms with van der Waals surface area (Å²) in [5.41, 5.74) is 1.18. The SMILES string of the molecule is C/C(=N\Cc1ccc(Cl)cc1)N(C)C. The number of aliphatic imine (C=N–C) groups is 1. The predicted molar refractivity (Wildman–Crippen MR) is 62.0 cm³/mol. The van der Waals surface area contributed by atoms with Gasteiger partial charge in [-0.05, 0) is 24.6 Å². The number of nitrogens with zero attached hydrogens (tertiary/aromatic N) is 2. The average Bonchev–Trinajstić information content (AvgIpc) is 2.16. The smallest absolute Gasteiger partial charge is 0.0956 e. The number of hydrogen-bond acceptors (Lipinski definition) is 1. The summed E-state index contributed by atoms with van der Waals surface area (Å²) < 4.78 is 0. The maximum atomic E-state index is 5.78. The van der Waals surface area contributed by atoms with Crippen molar-refractivity contribution in [1.29, 1.82) is 0 Å². The Morgan fingerprint density at radius 3 is 2.36 bits per heavy atom. The van der Waals surface area contributed by atoms with E-state index in [-0.39, 0.29) is 0 Å². The summed E-state index contributed by atoms with van der Waals surface area (Å²) in [6.07, 6.45) is 0. The van der Waals surface area contributed by atoms with Gasteiger partial charge in [0.15, 0.2) is 0 Å². The van der Waals surface area contributed by atoms with E-state index in [0.29, 0.717) is 6.54 Å². The standard InChI is InChI=1S/C11H15ClN2/c1-9(14(2)3)13-8-10-4-6-11(12)7-5-10/h4-7H,8H2,1-3H3/b13-9+. The Kier molecular flexibility index (Phi) is 3.96. The molecule has 0 unspecified atom stereocenters. The molecule has 0 heterocycles. The molecule has 1 aromatic rings. The Morgan fingerprint density at radius 2 is 1.86 bits per heavy atom. The van der Waals surface area contributed by atoms with Gasteiger partial charge in [0.25, 0.3) is 0 Å². The number of hydrogen-bond donors (Lipinski definition) is 0. The van der Waals surface area contributed by atoms with Crippen molar-refractivity contribution < 1.29 is 0 Å². The van der Waals surface area contributed by atoms with Crippen molar-refractivity contribution in [2.75, 3.05) is 14.1 Å². The molecule has 14 heavy (non-hydrogen) atoms. The van der Waals surface area contributed by atoms with E-state index in [1.165, 1.54) is 5.56 Å². The van der Waals surface area contributed by atoms with Crippen molar-refractivity contribution in [2.24, 2.45) is 4.99 Å². The lowest BCUT2D eigenvalue weighted by molar-refractivity contribution is 0.613. The van der Waals surface area contributed by atoms with Crippen LogP contribution in [-0.4, -0.2) is 24.8 Å². The molecule has 1 aromatic carbocycles. The molecule has 2 nitrogen and oxygen atoms in total. The lowest BCUT2D eigenvalue weighted by Gasteiger charge is -2.10. The van der Waals surface area contributed by atoms with Gasteiger partial charge in [0.05, 0.1) is 12.4 Å². The number of rotatable bonds is 2. The molecule has 76 valence electrons. The van der Waals surface area contributed by atoms with Crippen LogP contribution in [0.25, 0.3) is 0 Å². The molecule has 0 aliphatic carbocycles. The fraction of sp³-hybridized carbons (Fsp3) is 0.364. The molecule has 0 N–H and O–H groups in total. The molecule has 0 spiro atoms. The first-order valence-electron chi connectivity index (χ1n) is 4.52. The number of benzene rings is 1. The second kappa shape index (κ2) is 5.01. The normalized spacial score (nSPS) is 11.6. The molecule has 0 aromatic heterocycles. The van der Waals surface area contributed by atoms with Gasteiger partial charge >= 0.3 is 0 Å². The van der Waals surface area contributed by atoms with Crippen molar-refractivity contribution in [3.63, 3.8) is 0 Å². The number of halogens is 1. The van der Waals surface area contributed by atoms with Gasteiger partial charge in [0.1, 0.15) is 0 Å². The minimum atomic E-state index is 0.710. The summed E-state index contributed by atoms with van der Waals surface area (Å²) in [4.78, 5) is 6.42. The van der Waals surface area contributed by atoms with E-state index in [0.717, 1.165) is 10.9 Å². The monoisotopic (exact) mass is 210 g/mol. The van der Waals surface area contributed by atoms with Crippen LogP contribution in [0.3, 0.4) is 0 Å². The van der Waals surface area contributed by atoms with Crippen LogP contribution in [0.15, 0.2) is 29.3 Å². The van der Waals surface area contributed by atoms with E-state index >= 15 is 0 Å². The zero-order valence-electron chi connectivity index (χ0n) is 8.79. The molecular weight excluding hydrogens is 196 g/mol. The van der Waals surface area contributed by atoms with Crippen LogP contribution in [-0.2, 0) is 6.54 Å². The Labute approximate surface area is 90.2 Å². The van der Waals surface area contributed by atoms with Gasteiger partial charge in [-0.1, -0.05) is 23.7 Å². The highest BCUT2D eigenvalue weighted by Gasteiger charge is 1.94. The molecule has 0 aliphatic heterocycles. The summed E-state index contributed by atoms with van der Waals surface area (Å²) in [7, 11) is 3.97. The van der Waals surface area contributed by atoms with E-state index in [2.05, 4.69) is 4.99 Å². The van der Waals surface area contributed by atoms with E-state index in [9.17, 15) is 0 Å². The van der Waals surface area contributed by atoms with E-state index in [4.69, 9.17) is 11.6 Å². The first kappa shape index (κ1) is 11.1. The van der Waals surface area contributed by atoms with Crippen molar-refractivity contribution in [1.82, 2.24) is 4.90 Å². The van der Waals surface area contributed by atoms with Crippen LogP contribution in [0.4, 0.5) is 0 Å². The molecule has 0 saturated carbocycles. The lowest BCUT2D eigenvalue weighted by Crippen LogP contribution is -2.18. The van der Waals surface area contributed by atoms with Crippen molar-refractivity contribution in [3.8, 4) is 0 Å². The first-order valence-corrected chi connectivity index (χ1v) is 4.90. The molecule has 0 atom stereocenters. The van der Waals surface area contributed by atoms with Crippen molar-refractivity contribution >= 4 is 17.4 Å². The topological polar surface area (TPSA) is 15.6 Å². The minimum absolute atomic E-state index is 0.710. The molecule has 0 saturated heterocycles. The van der Waals surface area contributed by atoms with Crippen LogP contribution >= 0.6 is 11.6 Å². The van der Waals surface area contributed by atoms with Gasteiger partial charge < -0.3 is 4.90 Å². The molecule has 0 radical (unpaired) electrons. The van der Waals surface area contributed by atoms with Gasteiger partial charge in [-0.2, -0.15) is 0 Å². The summed E-state index contributed by atoms with van der Waals surface area (Å²) in [6.45, 7) is 2.71. The zero-order valence-corrected chi connectivity index (χ0v) is 9.54. The van der Waals surface area contributed by atoms with Gasteiger partial charge in [-0.15, -0.1) is 0 Å². The molecule has 3 heteroatoms. The second-order valence-corrected chi connectivity index (χ2v) is 3.82. The summed E-state index contributed by atoms with van der Waals surface area (Å²) in [5, 5.41) is 0.766. The van der Waals surface area contributed by atoms with E-state index in [1.807, 2.05) is 50.2 Å². The Balaban J connectivity index is 2.62. The van der Waals surface area contributed by atoms with Gasteiger partial charge in [0.2, 0.25) is 0 Å². The minimum Gasteiger partial charge on any atom is -0.367 e. The van der Waals surface area contributed by atoms with Crippen molar-refractivity contribution in [3.05, 3.63) is 34.9 Å². The quantitative estimate of drug-likeness (QED) is 0.542. The van der Waals surface area contributed by atoms with Crippen LogP contribution in [0.2, 0.25) is 5.02 Å². The third-order valence-corrected chi connectivity index (χ3v) is 2.30. The molecule has 1 rings (SSSR count). The Morgan fingerprint density at radius 1 is 1.29 bits per heavy atom. The summed E-state index contributed by atoms with van der Waals surface area (Å²) in [6, 6.07) is 7.76. The highest BCUT2D eigenvalue weighted by molar-refractivity contribution is 6.30. The molecule has 0 fully saturated rings. The highest BCUT2D eigenvalue weighted by Crippen LogP contribution is 2.10. The number of amidine groups is 1. The molecule has 0 bridgehead atoms. The maximum absolute atomic E-state index is 5.78. The van der Waals surface area contributed by atoms with Gasteiger partial charge in [-0.3, -0.25) is 4.99 Å². The van der Waals surface area contributed by atoms with Crippen LogP contribution in [0.5, 0.6) is 0 Å². The van der Waals surface area contributed by atoms with Crippen LogP contribution in [0.1, 0.15) is 12.5 Å². The molecular formula is C11H15ClN2. The van der Waals surface area contributed by atoms with E-state index in [1.54, 1.807) is 0 Å². The van der Waals surface area contributed by atoms with E-state index < -0.39 is 0 Å². The molecule has 0 aliphatic rings. The largest absolute Gasteiger partial charge is 0.367 e. The Bertz CT molecular complexity index is 315. The summed E-state index contributed by atoms with van der Waals surface area (Å²) >= 11 is 5.78. The lowest BCUT2D eigenvalue weighted by atomic mass is 10.2. The van der Waals surface area contributed by atoms with Crippen LogP contribution < -0.4 is 0 Å². The third kappa shape index (κ3) is 3.38. The van der Waals surface area contributed by atoms with Gasteiger partial charge in [0, 0.05) is 19.1 Å². The second-order valence-electron chi connectivity index (χ2n) is 3.38. The first-order chi connectivity index (χ1) is 6.59. The zero-order chi connectivity index (χ0) is 10.6. The summed E-state index contributed by atoms with van der Waals surface area (Å²) in [5.74, 6) is 1.03. The van der Waals surface area contributed by atoms with Gasteiger partial charge in [-0.25, -0.2) is 0 Å². The molecule has 0 amide bonds. The average molecular weight is 211 g/mol.